The average Bonchev–Trinajstić information content (AvgIpc) is 3.15. The van der Waals surface area contributed by atoms with Crippen molar-refractivity contribution >= 4 is 46.8 Å². The quantitative estimate of drug-likeness (QED) is 0.567. The van der Waals surface area contributed by atoms with Crippen molar-refractivity contribution in [2.24, 2.45) is 23.7 Å². The molecule has 5 aliphatic rings. The van der Waals surface area contributed by atoms with Crippen LogP contribution in [-0.4, -0.2) is 82.7 Å². The zero-order chi connectivity index (χ0) is 22.6. The molecule has 5 rings (SSSR count). The lowest BCUT2D eigenvalue weighted by atomic mass is 9.85. The number of allylic oxidation sites excluding steroid dienone is 4. The maximum atomic E-state index is 12.8. The van der Waals surface area contributed by atoms with Gasteiger partial charge in [-0.05, 0) is 25.7 Å². The highest BCUT2D eigenvalue weighted by molar-refractivity contribution is 6.30. The Morgan fingerprint density at radius 1 is 0.625 bits per heavy atom. The highest BCUT2D eigenvalue weighted by Gasteiger charge is 2.50. The molecule has 10 heteroatoms. The first-order valence-corrected chi connectivity index (χ1v) is 11.9. The number of hydrogen-bond donors (Lipinski definition) is 0. The number of carbonyl (C=O) groups excluding carboxylic acids is 4. The largest absolute Gasteiger partial charge is 0.283 e. The minimum Gasteiger partial charge on any atom is -0.283 e. The summed E-state index contributed by atoms with van der Waals surface area (Å²) in [6.07, 6.45) is 5.63. The van der Waals surface area contributed by atoms with Gasteiger partial charge in [-0.15, -0.1) is 0 Å². The van der Waals surface area contributed by atoms with Crippen LogP contribution in [0.5, 0.6) is 0 Å². The Kier molecular flexibility index (Phi) is 5.90. The molecular formula is C22H26Cl2N4O4. The smallest absolute Gasteiger partial charge is 0.234 e. The van der Waals surface area contributed by atoms with Gasteiger partial charge in [0, 0.05) is 36.2 Å². The summed E-state index contributed by atoms with van der Waals surface area (Å²) in [5.41, 5.74) is 0. The SMILES string of the molecule is O=C1[C@H]2CC(Cl)=CC[C@H]2C(=O)N1CN1CCN(CN2C(=O)[C@H]3CC(Cl)=CC[C@H]3C2=O)CC1. The summed E-state index contributed by atoms with van der Waals surface area (Å²) in [4.78, 5) is 57.9. The number of rotatable bonds is 4. The molecule has 0 bridgehead atoms. The summed E-state index contributed by atoms with van der Waals surface area (Å²) >= 11 is 12.2. The van der Waals surface area contributed by atoms with Crippen LogP contribution in [-0.2, 0) is 19.2 Å². The number of amides is 4. The van der Waals surface area contributed by atoms with E-state index in [1.54, 1.807) is 0 Å². The summed E-state index contributed by atoms with van der Waals surface area (Å²) in [6.45, 7) is 3.19. The van der Waals surface area contributed by atoms with Gasteiger partial charge in [0.25, 0.3) is 0 Å². The average molecular weight is 481 g/mol. The second-order valence-corrected chi connectivity index (χ2v) is 10.3. The van der Waals surface area contributed by atoms with E-state index in [0.717, 1.165) is 0 Å². The third-order valence-electron chi connectivity index (χ3n) is 7.47. The number of carbonyl (C=O) groups is 4. The Balaban J connectivity index is 1.14. The highest BCUT2D eigenvalue weighted by atomic mass is 35.5. The van der Waals surface area contributed by atoms with Gasteiger partial charge in [0.2, 0.25) is 23.6 Å². The van der Waals surface area contributed by atoms with E-state index in [4.69, 9.17) is 23.2 Å². The van der Waals surface area contributed by atoms with Crippen LogP contribution in [0.4, 0.5) is 0 Å². The molecule has 0 N–H and O–H groups in total. The van der Waals surface area contributed by atoms with Crippen LogP contribution in [0.15, 0.2) is 22.2 Å². The van der Waals surface area contributed by atoms with Crippen molar-refractivity contribution in [3.05, 3.63) is 22.2 Å². The molecular weight excluding hydrogens is 455 g/mol. The first kappa shape index (κ1) is 22.1. The fourth-order valence-electron chi connectivity index (χ4n) is 5.54. The van der Waals surface area contributed by atoms with E-state index in [1.165, 1.54) is 9.80 Å². The van der Waals surface area contributed by atoms with Crippen molar-refractivity contribution in [3.8, 4) is 0 Å². The van der Waals surface area contributed by atoms with E-state index in [-0.39, 0.29) is 60.6 Å². The molecule has 172 valence electrons. The monoisotopic (exact) mass is 480 g/mol. The van der Waals surface area contributed by atoms with Crippen LogP contribution in [0.1, 0.15) is 25.7 Å². The van der Waals surface area contributed by atoms with Crippen molar-refractivity contribution in [2.45, 2.75) is 25.7 Å². The van der Waals surface area contributed by atoms with E-state index in [1.807, 2.05) is 12.2 Å². The van der Waals surface area contributed by atoms with Crippen LogP contribution in [0.25, 0.3) is 0 Å². The van der Waals surface area contributed by atoms with Gasteiger partial charge in [-0.2, -0.15) is 0 Å². The molecule has 0 aromatic carbocycles. The molecule has 0 radical (unpaired) electrons. The molecule has 0 spiro atoms. The lowest BCUT2D eigenvalue weighted by Gasteiger charge is -2.37. The maximum Gasteiger partial charge on any atom is 0.234 e. The summed E-state index contributed by atoms with van der Waals surface area (Å²) < 4.78 is 0. The number of imide groups is 2. The summed E-state index contributed by atoms with van der Waals surface area (Å²) in [6, 6.07) is 0. The Labute approximate surface area is 196 Å². The zero-order valence-electron chi connectivity index (χ0n) is 17.7. The van der Waals surface area contributed by atoms with Gasteiger partial charge in [0.15, 0.2) is 0 Å². The molecule has 8 nitrogen and oxygen atoms in total. The molecule has 2 aliphatic carbocycles. The number of piperazine rings is 1. The molecule has 3 heterocycles. The number of nitrogens with zero attached hydrogens (tertiary/aromatic N) is 4. The number of fused-ring (bicyclic) bond motifs is 2. The lowest BCUT2D eigenvalue weighted by Crippen LogP contribution is -2.54. The molecule has 3 aliphatic heterocycles. The molecule has 4 amide bonds. The lowest BCUT2D eigenvalue weighted by molar-refractivity contribution is -0.146. The van der Waals surface area contributed by atoms with Crippen molar-refractivity contribution in [2.75, 3.05) is 39.5 Å². The Morgan fingerprint density at radius 2 is 0.969 bits per heavy atom. The number of halogens is 2. The third kappa shape index (κ3) is 3.81. The van der Waals surface area contributed by atoms with Crippen molar-refractivity contribution in [1.29, 1.82) is 0 Å². The fraction of sp³-hybridized carbons (Fsp3) is 0.636. The zero-order valence-corrected chi connectivity index (χ0v) is 19.2. The highest BCUT2D eigenvalue weighted by Crippen LogP contribution is 2.40. The van der Waals surface area contributed by atoms with Gasteiger partial charge in [-0.1, -0.05) is 35.4 Å². The van der Waals surface area contributed by atoms with Gasteiger partial charge < -0.3 is 0 Å². The Bertz CT molecular complexity index is 853. The van der Waals surface area contributed by atoms with Crippen LogP contribution in [0.3, 0.4) is 0 Å². The number of likely N-dealkylation sites (tertiary alicyclic amines) is 2. The van der Waals surface area contributed by atoms with Gasteiger partial charge in [-0.3, -0.25) is 38.8 Å². The molecule has 3 fully saturated rings. The van der Waals surface area contributed by atoms with Gasteiger partial charge in [0.1, 0.15) is 0 Å². The molecule has 0 aromatic rings. The third-order valence-corrected chi connectivity index (χ3v) is 8.09. The first-order chi connectivity index (χ1) is 15.3. The second-order valence-electron chi connectivity index (χ2n) is 9.34. The van der Waals surface area contributed by atoms with Crippen LogP contribution >= 0.6 is 23.2 Å². The first-order valence-electron chi connectivity index (χ1n) is 11.2. The van der Waals surface area contributed by atoms with Crippen LogP contribution in [0, 0.1) is 23.7 Å². The molecule has 32 heavy (non-hydrogen) atoms. The normalized spacial score (nSPS) is 34.1. The Morgan fingerprint density at radius 3 is 1.34 bits per heavy atom. The molecule has 0 saturated carbocycles. The fourth-order valence-corrected chi connectivity index (χ4v) is 6.05. The standard InChI is InChI=1S/C22H26Cl2N4O4/c23-13-1-3-15-17(9-13)21(31)27(19(15)29)11-25-5-7-26(8-6-25)12-28-20(30)16-4-2-14(24)10-18(16)22(28)32/h1-2,15-18H,3-12H2/t15-,16-,17+,18+/m1/s1. The summed E-state index contributed by atoms with van der Waals surface area (Å²) in [7, 11) is 0. The molecule has 4 atom stereocenters. The van der Waals surface area contributed by atoms with E-state index < -0.39 is 0 Å². The summed E-state index contributed by atoms with van der Waals surface area (Å²) in [5.74, 6) is -1.71. The van der Waals surface area contributed by atoms with Gasteiger partial charge in [-0.25, -0.2) is 0 Å². The Hall–Kier alpha value is -1.74. The van der Waals surface area contributed by atoms with Crippen LogP contribution in [0.2, 0.25) is 0 Å². The van der Waals surface area contributed by atoms with Gasteiger partial charge >= 0.3 is 0 Å². The van der Waals surface area contributed by atoms with Crippen LogP contribution < -0.4 is 0 Å². The van der Waals surface area contributed by atoms with Gasteiger partial charge in [0.05, 0.1) is 37.0 Å². The molecule has 0 unspecified atom stereocenters. The van der Waals surface area contributed by atoms with Crippen molar-refractivity contribution in [1.82, 2.24) is 19.6 Å². The van der Waals surface area contributed by atoms with Crippen molar-refractivity contribution in [3.63, 3.8) is 0 Å². The van der Waals surface area contributed by atoms with E-state index in [0.29, 0.717) is 61.9 Å². The second kappa shape index (κ2) is 8.56. The molecule has 3 saturated heterocycles. The van der Waals surface area contributed by atoms with E-state index in [2.05, 4.69) is 9.80 Å². The minimum absolute atomic E-state index is 0.106. The topological polar surface area (TPSA) is 81.2 Å². The van der Waals surface area contributed by atoms with Crippen molar-refractivity contribution < 1.29 is 19.2 Å². The molecule has 0 aromatic heterocycles. The maximum absolute atomic E-state index is 12.8. The predicted octanol–water partition coefficient (Wildman–Crippen LogP) is 1.55. The predicted molar refractivity (Wildman–Crippen MR) is 117 cm³/mol. The summed E-state index contributed by atoms with van der Waals surface area (Å²) in [5, 5.41) is 1.32. The number of hydrogen-bond acceptors (Lipinski definition) is 6. The minimum atomic E-state index is -0.333. The van der Waals surface area contributed by atoms with E-state index >= 15 is 0 Å². The van der Waals surface area contributed by atoms with E-state index in [9.17, 15) is 19.2 Å².